The number of hydrogen-bond acceptors (Lipinski definition) is 1. The molecule has 2 rings (SSSR count). The summed E-state index contributed by atoms with van der Waals surface area (Å²) in [6, 6.07) is 6.05. The van der Waals surface area contributed by atoms with Crippen LogP contribution in [0, 0.1) is 0 Å². The molecule has 15 heavy (non-hydrogen) atoms. The molecular weight excluding hydrogens is 256 g/mol. The zero-order valence-corrected chi connectivity index (χ0v) is 9.97. The first kappa shape index (κ1) is 10.4. The molecule has 0 radical (unpaired) electrons. The summed E-state index contributed by atoms with van der Waals surface area (Å²) in [5.74, 6) is -0.767. The molecule has 0 atom stereocenters. The molecule has 0 saturated heterocycles. The van der Waals surface area contributed by atoms with E-state index in [9.17, 15) is 4.79 Å². The van der Waals surface area contributed by atoms with E-state index in [0.717, 1.165) is 22.0 Å². The van der Waals surface area contributed by atoms with Crippen molar-refractivity contribution in [1.82, 2.24) is 0 Å². The molecule has 1 N–H and O–H groups in total. The maximum atomic E-state index is 10.7. The Hall–Kier alpha value is -1.09. The van der Waals surface area contributed by atoms with Crippen LogP contribution in [0.15, 0.2) is 28.2 Å². The lowest BCUT2D eigenvalue weighted by Crippen LogP contribution is -1.96. The average Bonchev–Trinajstić information content (AvgIpc) is 2.43. The number of carboxylic acids is 1. The molecule has 2 nitrogen and oxygen atoms in total. The number of allylic oxidation sites excluding steroid dienone is 1. The van der Waals surface area contributed by atoms with Crippen LogP contribution in [-0.2, 0) is 11.2 Å². The molecule has 0 bridgehead atoms. The van der Waals surface area contributed by atoms with E-state index in [0.29, 0.717) is 0 Å². The fourth-order valence-corrected chi connectivity index (χ4v) is 2.36. The van der Waals surface area contributed by atoms with Gasteiger partial charge in [-0.25, -0.2) is 0 Å². The zero-order valence-electron chi connectivity index (χ0n) is 8.38. The fourth-order valence-electron chi connectivity index (χ4n) is 2.00. The van der Waals surface area contributed by atoms with Gasteiger partial charge in [-0.2, -0.15) is 0 Å². The van der Waals surface area contributed by atoms with Crippen LogP contribution in [0.4, 0.5) is 0 Å². The molecule has 0 amide bonds. The lowest BCUT2D eigenvalue weighted by Gasteiger charge is -2.04. The SMILES string of the molecule is CC1=C(CC(=O)O)c2cc(Br)ccc2C1. The predicted octanol–water partition coefficient (Wildman–Crippen LogP) is 3.25. The predicted molar refractivity (Wildman–Crippen MR) is 62.7 cm³/mol. The summed E-state index contributed by atoms with van der Waals surface area (Å²) in [6.07, 6.45) is 1.00. The van der Waals surface area contributed by atoms with Crippen LogP contribution >= 0.6 is 15.9 Å². The zero-order chi connectivity index (χ0) is 11.0. The second-order valence-electron chi connectivity index (χ2n) is 3.81. The first-order valence-electron chi connectivity index (χ1n) is 4.77. The van der Waals surface area contributed by atoms with Gasteiger partial charge in [0.05, 0.1) is 6.42 Å². The number of aliphatic carboxylic acids is 1. The van der Waals surface area contributed by atoms with Gasteiger partial charge >= 0.3 is 5.97 Å². The van der Waals surface area contributed by atoms with Crippen LogP contribution in [-0.4, -0.2) is 11.1 Å². The van der Waals surface area contributed by atoms with Crippen LogP contribution in [0.25, 0.3) is 5.57 Å². The minimum Gasteiger partial charge on any atom is -0.481 e. The van der Waals surface area contributed by atoms with Gasteiger partial charge in [0.15, 0.2) is 0 Å². The highest BCUT2D eigenvalue weighted by atomic mass is 79.9. The number of benzene rings is 1. The topological polar surface area (TPSA) is 37.3 Å². The third kappa shape index (κ3) is 1.97. The third-order valence-electron chi connectivity index (χ3n) is 2.70. The summed E-state index contributed by atoms with van der Waals surface area (Å²) in [6.45, 7) is 2.01. The summed E-state index contributed by atoms with van der Waals surface area (Å²) in [4.78, 5) is 10.7. The molecule has 1 aromatic carbocycles. The molecule has 0 aliphatic heterocycles. The molecular formula is C12H11BrO2. The summed E-state index contributed by atoms with van der Waals surface area (Å²) in [5.41, 5.74) is 4.46. The summed E-state index contributed by atoms with van der Waals surface area (Å²) < 4.78 is 0.999. The van der Waals surface area contributed by atoms with Crippen molar-refractivity contribution in [3.63, 3.8) is 0 Å². The number of carboxylic acid groups (broad SMARTS) is 1. The van der Waals surface area contributed by atoms with Crippen LogP contribution in [0.2, 0.25) is 0 Å². The van der Waals surface area contributed by atoms with Crippen molar-refractivity contribution >= 4 is 27.5 Å². The maximum absolute atomic E-state index is 10.7. The number of fused-ring (bicyclic) bond motifs is 1. The van der Waals surface area contributed by atoms with E-state index in [4.69, 9.17) is 5.11 Å². The van der Waals surface area contributed by atoms with Crippen molar-refractivity contribution in [3.8, 4) is 0 Å². The Kier molecular flexibility index (Phi) is 2.65. The van der Waals surface area contributed by atoms with E-state index < -0.39 is 5.97 Å². The van der Waals surface area contributed by atoms with Crippen LogP contribution in [0.5, 0.6) is 0 Å². The molecule has 1 aliphatic rings. The minimum absolute atomic E-state index is 0.120. The highest BCUT2D eigenvalue weighted by molar-refractivity contribution is 9.10. The number of hydrogen-bond donors (Lipinski definition) is 1. The highest BCUT2D eigenvalue weighted by Crippen LogP contribution is 2.36. The van der Waals surface area contributed by atoms with Gasteiger partial charge in [0.2, 0.25) is 0 Å². The molecule has 3 heteroatoms. The van der Waals surface area contributed by atoms with Gasteiger partial charge in [-0.05, 0) is 42.2 Å². The van der Waals surface area contributed by atoms with Gasteiger partial charge in [-0.3, -0.25) is 4.79 Å². The van der Waals surface area contributed by atoms with Crippen LogP contribution in [0.3, 0.4) is 0 Å². The third-order valence-corrected chi connectivity index (χ3v) is 3.19. The van der Waals surface area contributed by atoms with Gasteiger partial charge in [0.25, 0.3) is 0 Å². The second-order valence-corrected chi connectivity index (χ2v) is 4.72. The van der Waals surface area contributed by atoms with Crippen molar-refractivity contribution in [2.24, 2.45) is 0 Å². The summed E-state index contributed by atoms with van der Waals surface area (Å²) >= 11 is 3.41. The molecule has 0 fully saturated rings. The highest BCUT2D eigenvalue weighted by Gasteiger charge is 2.20. The molecule has 0 unspecified atom stereocenters. The van der Waals surface area contributed by atoms with E-state index in [2.05, 4.69) is 22.0 Å². The van der Waals surface area contributed by atoms with E-state index >= 15 is 0 Å². The van der Waals surface area contributed by atoms with E-state index in [-0.39, 0.29) is 6.42 Å². The molecule has 1 aliphatic carbocycles. The Balaban J connectivity index is 2.45. The van der Waals surface area contributed by atoms with E-state index in [1.807, 2.05) is 19.1 Å². The largest absolute Gasteiger partial charge is 0.481 e. The first-order chi connectivity index (χ1) is 7.08. The smallest absolute Gasteiger partial charge is 0.307 e. The van der Waals surface area contributed by atoms with Crippen molar-refractivity contribution < 1.29 is 9.90 Å². The average molecular weight is 267 g/mol. The van der Waals surface area contributed by atoms with E-state index in [1.165, 1.54) is 11.1 Å². The van der Waals surface area contributed by atoms with Crippen molar-refractivity contribution in [3.05, 3.63) is 39.4 Å². The number of rotatable bonds is 2. The lowest BCUT2D eigenvalue weighted by molar-refractivity contribution is -0.135. The normalized spacial score (nSPS) is 14.3. The van der Waals surface area contributed by atoms with Gasteiger partial charge in [-0.15, -0.1) is 0 Å². The van der Waals surface area contributed by atoms with Gasteiger partial charge in [-0.1, -0.05) is 27.6 Å². The van der Waals surface area contributed by atoms with Gasteiger partial charge in [0.1, 0.15) is 0 Å². The Morgan fingerprint density at radius 1 is 1.53 bits per heavy atom. The number of carbonyl (C=O) groups is 1. The second kappa shape index (κ2) is 3.81. The molecule has 0 heterocycles. The quantitative estimate of drug-likeness (QED) is 0.893. The summed E-state index contributed by atoms with van der Waals surface area (Å²) in [5, 5.41) is 8.84. The van der Waals surface area contributed by atoms with E-state index in [1.54, 1.807) is 0 Å². The Morgan fingerprint density at radius 2 is 2.27 bits per heavy atom. The standard InChI is InChI=1S/C12H11BrO2/c1-7-4-8-2-3-9(13)5-11(8)10(7)6-12(14)15/h2-3,5H,4,6H2,1H3,(H,14,15). The molecule has 1 aromatic rings. The Labute approximate surface area is 96.7 Å². The van der Waals surface area contributed by atoms with Crippen molar-refractivity contribution in [2.45, 2.75) is 19.8 Å². The fraction of sp³-hybridized carbons (Fsp3) is 0.250. The van der Waals surface area contributed by atoms with Crippen LogP contribution < -0.4 is 0 Å². The van der Waals surface area contributed by atoms with Gasteiger partial charge < -0.3 is 5.11 Å². The molecule has 0 aromatic heterocycles. The van der Waals surface area contributed by atoms with Gasteiger partial charge in [0, 0.05) is 4.47 Å². The first-order valence-corrected chi connectivity index (χ1v) is 5.56. The molecule has 78 valence electrons. The monoisotopic (exact) mass is 266 g/mol. The maximum Gasteiger partial charge on any atom is 0.307 e. The Bertz CT molecular complexity index is 461. The van der Waals surface area contributed by atoms with Crippen molar-refractivity contribution in [1.29, 1.82) is 0 Å². The molecule has 0 spiro atoms. The molecule has 0 saturated carbocycles. The van der Waals surface area contributed by atoms with Crippen LogP contribution in [0.1, 0.15) is 24.5 Å². The minimum atomic E-state index is -0.767. The van der Waals surface area contributed by atoms with Crippen molar-refractivity contribution in [2.75, 3.05) is 0 Å². The Morgan fingerprint density at radius 3 is 2.93 bits per heavy atom. The lowest BCUT2D eigenvalue weighted by atomic mass is 10.0. The summed E-state index contributed by atoms with van der Waals surface area (Å²) in [7, 11) is 0. The number of halogens is 1.